The fraction of sp³-hybridized carbons (Fsp3) is 0.529. The van der Waals surface area contributed by atoms with Crippen molar-refractivity contribution in [2.75, 3.05) is 46.5 Å². The van der Waals surface area contributed by atoms with Gasteiger partial charge in [-0.25, -0.2) is 12.8 Å². The predicted octanol–water partition coefficient (Wildman–Crippen LogP) is 0.220. The van der Waals surface area contributed by atoms with Crippen molar-refractivity contribution in [3.8, 4) is 0 Å². The number of likely N-dealkylation sites (N-methyl/N-ethyl adjacent to an activating group) is 2. The van der Waals surface area contributed by atoms with E-state index in [2.05, 4.69) is 0 Å². The Balaban J connectivity index is 1.99. The molecule has 0 spiro atoms. The second-order valence-electron chi connectivity index (χ2n) is 6.59. The Morgan fingerprint density at radius 2 is 1.81 bits per heavy atom. The third-order valence-electron chi connectivity index (χ3n) is 4.48. The van der Waals surface area contributed by atoms with Crippen LogP contribution in [0.2, 0.25) is 0 Å². The van der Waals surface area contributed by atoms with Gasteiger partial charge in [0.05, 0.1) is 10.6 Å². The van der Waals surface area contributed by atoms with Gasteiger partial charge in [0.25, 0.3) is 0 Å². The summed E-state index contributed by atoms with van der Waals surface area (Å²) in [5, 5.41) is 0. The summed E-state index contributed by atoms with van der Waals surface area (Å²) in [6.45, 7) is 1.23. The highest BCUT2D eigenvalue weighted by Gasteiger charge is 2.33. The third kappa shape index (κ3) is 4.79. The largest absolute Gasteiger partial charge is 0.347 e. The van der Waals surface area contributed by atoms with Crippen LogP contribution < -0.4 is 0 Å². The molecule has 2 amide bonds. The number of sulfone groups is 1. The third-order valence-corrected chi connectivity index (χ3v) is 6.22. The van der Waals surface area contributed by atoms with Crippen molar-refractivity contribution in [2.24, 2.45) is 0 Å². The first-order chi connectivity index (χ1) is 12.1. The number of benzene rings is 1. The molecule has 0 bridgehead atoms. The summed E-state index contributed by atoms with van der Waals surface area (Å²) < 4.78 is 37.5. The number of rotatable bonds is 5. The van der Waals surface area contributed by atoms with Gasteiger partial charge >= 0.3 is 0 Å². The molecule has 26 heavy (non-hydrogen) atoms. The normalized spacial score (nSPS) is 18.6. The Kier molecular flexibility index (Phi) is 6.35. The van der Waals surface area contributed by atoms with Crippen molar-refractivity contribution in [3.63, 3.8) is 0 Å². The van der Waals surface area contributed by atoms with Gasteiger partial charge in [-0.3, -0.25) is 14.5 Å². The van der Waals surface area contributed by atoms with Crippen LogP contribution in [0, 0.1) is 5.82 Å². The van der Waals surface area contributed by atoms with Crippen LogP contribution in [-0.2, 0) is 19.4 Å². The molecule has 0 aromatic heterocycles. The summed E-state index contributed by atoms with van der Waals surface area (Å²) in [5.41, 5.74) is 0. The van der Waals surface area contributed by atoms with Crippen molar-refractivity contribution in [1.29, 1.82) is 0 Å². The first-order valence-electron chi connectivity index (χ1n) is 8.29. The lowest BCUT2D eigenvalue weighted by Gasteiger charge is -2.39. The molecule has 2 rings (SSSR count). The van der Waals surface area contributed by atoms with E-state index in [4.69, 9.17) is 0 Å². The summed E-state index contributed by atoms with van der Waals surface area (Å²) in [6.07, 6.45) is -0.174. The number of nitrogens with zero attached hydrogens (tertiary/aromatic N) is 3. The van der Waals surface area contributed by atoms with E-state index in [1.165, 1.54) is 21.9 Å². The van der Waals surface area contributed by atoms with Crippen molar-refractivity contribution in [1.82, 2.24) is 14.7 Å². The number of carbonyl (C=O) groups is 2. The van der Waals surface area contributed by atoms with Crippen molar-refractivity contribution in [3.05, 3.63) is 30.1 Å². The van der Waals surface area contributed by atoms with Gasteiger partial charge in [0.2, 0.25) is 11.8 Å². The number of hydrogen-bond donors (Lipinski definition) is 0. The number of piperazine rings is 1. The zero-order valence-electron chi connectivity index (χ0n) is 15.2. The smallest absolute Gasteiger partial charge is 0.241 e. The van der Waals surface area contributed by atoms with Crippen LogP contribution in [0.3, 0.4) is 0 Å². The molecule has 1 atom stereocenters. The second-order valence-corrected chi connectivity index (χ2v) is 8.70. The first kappa shape index (κ1) is 20.3. The van der Waals surface area contributed by atoms with Gasteiger partial charge in [0.15, 0.2) is 9.84 Å². The Morgan fingerprint density at radius 1 is 1.19 bits per heavy atom. The Hall–Kier alpha value is -2.00. The number of hydrogen-bond acceptors (Lipinski definition) is 5. The predicted molar refractivity (Wildman–Crippen MR) is 94.8 cm³/mol. The average Bonchev–Trinajstić information content (AvgIpc) is 2.60. The number of carbonyl (C=O) groups excluding carboxylic acids is 2. The van der Waals surface area contributed by atoms with E-state index in [1.807, 2.05) is 11.9 Å². The monoisotopic (exact) mass is 385 g/mol. The Bertz CT molecular complexity index is 765. The molecule has 1 saturated heterocycles. The zero-order chi connectivity index (χ0) is 19.5. The van der Waals surface area contributed by atoms with Crippen LogP contribution in [-0.4, -0.2) is 87.5 Å². The molecule has 144 valence electrons. The van der Waals surface area contributed by atoms with Gasteiger partial charge < -0.3 is 9.80 Å². The molecule has 1 aromatic carbocycles. The quantitative estimate of drug-likeness (QED) is 0.678. The minimum atomic E-state index is -3.66. The Morgan fingerprint density at radius 3 is 2.38 bits per heavy atom. The topological polar surface area (TPSA) is 78.0 Å². The lowest BCUT2D eigenvalue weighted by atomic mass is 10.1. The fourth-order valence-electron chi connectivity index (χ4n) is 2.80. The molecule has 0 saturated carbocycles. The number of amides is 2. The van der Waals surface area contributed by atoms with E-state index in [0.717, 1.165) is 12.1 Å². The Labute approximate surface area is 153 Å². The maximum absolute atomic E-state index is 12.9. The first-order valence-corrected chi connectivity index (χ1v) is 9.94. The molecule has 0 unspecified atom stereocenters. The molecule has 0 aliphatic carbocycles. The zero-order valence-corrected chi connectivity index (χ0v) is 16.0. The molecule has 1 aromatic rings. The summed E-state index contributed by atoms with van der Waals surface area (Å²) in [7, 11) is 1.48. The standard InChI is InChI=1S/C17H24FN3O4S/c1-19(2)17(23)15-12-21(10-9-20(15)3)16(22)8-11-26(24,25)14-6-4-13(18)5-7-14/h4-7,15H,8-12H2,1-3H3/t15-/m0/s1. The summed E-state index contributed by atoms with van der Waals surface area (Å²) in [4.78, 5) is 29.6. The maximum Gasteiger partial charge on any atom is 0.241 e. The van der Waals surface area contributed by atoms with Gasteiger partial charge in [-0.05, 0) is 31.3 Å². The molecule has 1 aliphatic heterocycles. The molecule has 0 radical (unpaired) electrons. The molecular formula is C17H24FN3O4S. The van der Waals surface area contributed by atoms with E-state index in [1.54, 1.807) is 14.1 Å². The van der Waals surface area contributed by atoms with Crippen LogP contribution in [0.4, 0.5) is 4.39 Å². The van der Waals surface area contributed by atoms with E-state index in [9.17, 15) is 22.4 Å². The summed E-state index contributed by atoms with van der Waals surface area (Å²) in [6, 6.07) is 4.10. The van der Waals surface area contributed by atoms with Crippen LogP contribution in [0.1, 0.15) is 6.42 Å². The van der Waals surface area contributed by atoms with Gasteiger partial charge in [0.1, 0.15) is 11.9 Å². The fourth-order valence-corrected chi connectivity index (χ4v) is 4.03. The van der Waals surface area contributed by atoms with Crippen molar-refractivity contribution < 1.29 is 22.4 Å². The highest BCUT2D eigenvalue weighted by atomic mass is 32.2. The molecular weight excluding hydrogens is 361 g/mol. The average molecular weight is 385 g/mol. The maximum atomic E-state index is 12.9. The van der Waals surface area contributed by atoms with Crippen LogP contribution in [0.15, 0.2) is 29.2 Å². The lowest BCUT2D eigenvalue weighted by molar-refractivity contribution is -0.141. The van der Waals surface area contributed by atoms with Gasteiger partial charge in [-0.1, -0.05) is 0 Å². The minimum absolute atomic E-state index is 0.00857. The molecule has 1 heterocycles. The highest BCUT2D eigenvalue weighted by Crippen LogP contribution is 2.15. The van der Waals surface area contributed by atoms with E-state index >= 15 is 0 Å². The summed E-state index contributed by atoms with van der Waals surface area (Å²) >= 11 is 0. The van der Waals surface area contributed by atoms with Crippen molar-refractivity contribution in [2.45, 2.75) is 17.4 Å². The van der Waals surface area contributed by atoms with Crippen LogP contribution >= 0.6 is 0 Å². The van der Waals surface area contributed by atoms with E-state index < -0.39 is 21.7 Å². The minimum Gasteiger partial charge on any atom is -0.347 e. The van der Waals surface area contributed by atoms with E-state index in [0.29, 0.717) is 13.1 Å². The molecule has 1 fully saturated rings. The van der Waals surface area contributed by atoms with Crippen LogP contribution in [0.5, 0.6) is 0 Å². The highest BCUT2D eigenvalue weighted by molar-refractivity contribution is 7.91. The molecule has 1 aliphatic rings. The number of halogens is 1. The molecule has 9 heteroatoms. The lowest BCUT2D eigenvalue weighted by Crippen LogP contribution is -2.58. The van der Waals surface area contributed by atoms with Crippen molar-refractivity contribution >= 4 is 21.7 Å². The SMILES string of the molecule is CN(C)C(=O)[C@@H]1CN(C(=O)CCS(=O)(=O)c2ccc(F)cc2)CCN1C. The van der Waals surface area contributed by atoms with Gasteiger partial charge in [-0.2, -0.15) is 0 Å². The molecule has 0 N–H and O–H groups in total. The summed E-state index contributed by atoms with van der Waals surface area (Å²) in [5.74, 6) is -1.27. The van der Waals surface area contributed by atoms with Crippen LogP contribution in [0.25, 0.3) is 0 Å². The van der Waals surface area contributed by atoms with Gasteiger partial charge in [0, 0.05) is 40.2 Å². The molecule has 7 nitrogen and oxygen atoms in total. The van der Waals surface area contributed by atoms with E-state index in [-0.39, 0.29) is 35.4 Å². The van der Waals surface area contributed by atoms with Gasteiger partial charge in [-0.15, -0.1) is 0 Å². The second kappa shape index (κ2) is 8.13.